The van der Waals surface area contributed by atoms with E-state index in [1.807, 2.05) is 0 Å². The summed E-state index contributed by atoms with van der Waals surface area (Å²) in [6.07, 6.45) is 4.10. The van der Waals surface area contributed by atoms with E-state index >= 15 is 0 Å². The lowest BCUT2D eigenvalue weighted by Gasteiger charge is -2.36. The van der Waals surface area contributed by atoms with Crippen molar-refractivity contribution >= 4 is 21.6 Å². The van der Waals surface area contributed by atoms with Crippen LogP contribution < -0.4 is 5.32 Å². The number of hydrogen-bond acceptors (Lipinski definition) is 1. The first kappa shape index (κ1) is 13.9. The third-order valence-corrected chi connectivity index (χ3v) is 4.81. The first-order chi connectivity index (χ1) is 8.49. The smallest absolute Gasteiger partial charge is 0.0402 e. The SMILES string of the molecule is Cc1cc(Br)cc(C)c1NC1C(C)CCCC1C. The van der Waals surface area contributed by atoms with Crippen LogP contribution in [0.5, 0.6) is 0 Å². The molecule has 2 atom stereocenters. The summed E-state index contributed by atoms with van der Waals surface area (Å²) in [4.78, 5) is 0. The molecule has 0 aromatic heterocycles. The van der Waals surface area contributed by atoms with Gasteiger partial charge in [0.25, 0.3) is 0 Å². The maximum atomic E-state index is 3.82. The van der Waals surface area contributed by atoms with E-state index in [2.05, 4.69) is 61.1 Å². The van der Waals surface area contributed by atoms with E-state index in [1.54, 1.807) is 0 Å². The topological polar surface area (TPSA) is 12.0 Å². The van der Waals surface area contributed by atoms with Crippen LogP contribution in [0.4, 0.5) is 5.69 Å². The first-order valence-electron chi connectivity index (χ1n) is 7.02. The van der Waals surface area contributed by atoms with E-state index in [0.29, 0.717) is 6.04 Å². The minimum Gasteiger partial charge on any atom is -0.381 e. The van der Waals surface area contributed by atoms with Gasteiger partial charge in [0.05, 0.1) is 0 Å². The zero-order valence-electron chi connectivity index (χ0n) is 11.9. The molecule has 1 aromatic rings. The Kier molecular flexibility index (Phi) is 4.37. The van der Waals surface area contributed by atoms with Crippen molar-refractivity contribution in [3.8, 4) is 0 Å². The summed E-state index contributed by atoms with van der Waals surface area (Å²) in [5.41, 5.74) is 4.02. The predicted octanol–water partition coefficient (Wildman–Crippen LogP) is 5.30. The normalized spacial score (nSPS) is 28.2. The molecular formula is C16H24BrN. The van der Waals surface area contributed by atoms with Gasteiger partial charge in [0.1, 0.15) is 0 Å². The van der Waals surface area contributed by atoms with E-state index in [9.17, 15) is 0 Å². The average Bonchev–Trinajstić information content (AvgIpc) is 2.26. The minimum absolute atomic E-state index is 0.623. The fourth-order valence-electron chi connectivity index (χ4n) is 3.27. The average molecular weight is 310 g/mol. The van der Waals surface area contributed by atoms with Gasteiger partial charge in [0, 0.05) is 16.2 Å². The Hall–Kier alpha value is -0.500. The molecule has 0 bridgehead atoms. The lowest BCUT2D eigenvalue weighted by Crippen LogP contribution is -2.37. The fraction of sp³-hybridized carbons (Fsp3) is 0.625. The quantitative estimate of drug-likeness (QED) is 0.781. The molecule has 0 amide bonds. The van der Waals surface area contributed by atoms with Crippen LogP contribution in [0.2, 0.25) is 0 Å². The Bertz CT molecular complexity index is 394. The molecule has 100 valence electrons. The summed E-state index contributed by atoms with van der Waals surface area (Å²) < 4.78 is 1.17. The number of halogens is 1. The van der Waals surface area contributed by atoms with E-state index in [4.69, 9.17) is 0 Å². The molecule has 1 aliphatic rings. The molecule has 1 N–H and O–H groups in total. The fourth-order valence-corrected chi connectivity index (χ4v) is 3.96. The molecule has 0 heterocycles. The maximum Gasteiger partial charge on any atom is 0.0402 e. The highest BCUT2D eigenvalue weighted by atomic mass is 79.9. The minimum atomic E-state index is 0.623. The highest BCUT2D eigenvalue weighted by Crippen LogP contribution is 2.34. The highest BCUT2D eigenvalue weighted by Gasteiger charge is 2.28. The van der Waals surface area contributed by atoms with Crippen LogP contribution in [0.25, 0.3) is 0 Å². The number of rotatable bonds is 2. The monoisotopic (exact) mass is 309 g/mol. The van der Waals surface area contributed by atoms with Crippen LogP contribution in [0.15, 0.2) is 16.6 Å². The molecule has 1 aromatic carbocycles. The molecular weight excluding hydrogens is 286 g/mol. The Balaban J connectivity index is 2.23. The molecule has 1 aliphatic carbocycles. The van der Waals surface area contributed by atoms with Crippen LogP contribution in [0.3, 0.4) is 0 Å². The molecule has 1 nitrogen and oxygen atoms in total. The van der Waals surface area contributed by atoms with E-state index < -0.39 is 0 Å². The van der Waals surface area contributed by atoms with Crippen molar-refractivity contribution in [3.05, 3.63) is 27.7 Å². The van der Waals surface area contributed by atoms with Crippen LogP contribution in [0, 0.1) is 25.7 Å². The third-order valence-electron chi connectivity index (χ3n) is 4.35. The van der Waals surface area contributed by atoms with Crippen molar-refractivity contribution in [2.75, 3.05) is 5.32 Å². The lowest BCUT2D eigenvalue weighted by atomic mass is 9.78. The van der Waals surface area contributed by atoms with Gasteiger partial charge >= 0.3 is 0 Å². The van der Waals surface area contributed by atoms with E-state index in [0.717, 1.165) is 11.8 Å². The van der Waals surface area contributed by atoms with Crippen LogP contribution in [-0.4, -0.2) is 6.04 Å². The van der Waals surface area contributed by atoms with Gasteiger partial charge in [-0.05, 0) is 61.8 Å². The number of hydrogen-bond donors (Lipinski definition) is 1. The van der Waals surface area contributed by atoms with E-state index in [1.165, 1.54) is 40.5 Å². The molecule has 1 fully saturated rings. The van der Waals surface area contributed by atoms with Crippen molar-refractivity contribution in [3.63, 3.8) is 0 Å². The lowest BCUT2D eigenvalue weighted by molar-refractivity contribution is 0.268. The van der Waals surface area contributed by atoms with Crippen LogP contribution >= 0.6 is 15.9 Å². The van der Waals surface area contributed by atoms with Crippen molar-refractivity contribution in [1.82, 2.24) is 0 Å². The zero-order chi connectivity index (χ0) is 13.3. The Morgan fingerprint density at radius 2 is 1.56 bits per heavy atom. The Morgan fingerprint density at radius 1 is 1.06 bits per heavy atom. The second-order valence-electron chi connectivity index (χ2n) is 5.97. The van der Waals surface area contributed by atoms with Gasteiger partial charge in [0.2, 0.25) is 0 Å². The molecule has 2 heteroatoms. The highest BCUT2D eigenvalue weighted by molar-refractivity contribution is 9.10. The van der Waals surface area contributed by atoms with Gasteiger partial charge in [-0.3, -0.25) is 0 Å². The summed E-state index contributed by atoms with van der Waals surface area (Å²) in [5, 5.41) is 3.82. The maximum absolute atomic E-state index is 3.82. The predicted molar refractivity (Wildman–Crippen MR) is 83.2 cm³/mol. The Morgan fingerprint density at radius 3 is 2.06 bits per heavy atom. The molecule has 0 spiro atoms. The van der Waals surface area contributed by atoms with Crippen molar-refractivity contribution in [1.29, 1.82) is 0 Å². The number of aryl methyl sites for hydroxylation is 2. The van der Waals surface area contributed by atoms with Gasteiger partial charge in [-0.25, -0.2) is 0 Å². The molecule has 0 radical (unpaired) electrons. The second kappa shape index (κ2) is 5.64. The van der Waals surface area contributed by atoms with Gasteiger partial charge in [-0.1, -0.05) is 36.2 Å². The van der Waals surface area contributed by atoms with E-state index in [-0.39, 0.29) is 0 Å². The zero-order valence-corrected chi connectivity index (χ0v) is 13.5. The summed E-state index contributed by atoms with van der Waals surface area (Å²) in [7, 11) is 0. The van der Waals surface area contributed by atoms with Gasteiger partial charge in [-0.2, -0.15) is 0 Å². The summed E-state index contributed by atoms with van der Waals surface area (Å²) in [5.74, 6) is 1.55. The van der Waals surface area contributed by atoms with Crippen molar-refractivity contribution in [2.45, 2.75) is 53.0 Å². The van der Waals surface area contributed by atoms with Gasteiger partial charge in [0.15, 0.2) is 0 Å². The molecule has 0 aliphatic heterocycles. The largest absolute Gasteiger partial charge is 0.381 e. The molecule has 18 heavy (non-hydrogen) atoms. The van der Waals surface area contributed by atoms with Crippen molar-refractivity contribution < 1.29 is 0 Å². The van der Waals surface area contributed by atoms with Gasteiger partial charge in [-0.15, -0.1) is 0 Å². The molecule has 1 saturated carbocycles. The van der Waals surface area contributed by atoms with Crippen molar-refractivity contribution in [2.24, 2.45) is 11.8 Å². The molecule has 2 unspecified atom stereocenters. The van der Waals surface area contributed by atoms with Crippen LogP contribution in [0.1, 0.15) is 44.2 Å². The molecule has 0 saturated heterocycles. The summed E-state index contributed by atoms with van der Waals surface area (Å²) in [6.45, 7) is 9.16. The Labute approximate surface area is 119 Å². The second-order valence-corrected chi connectivity index (χ2v) is 6.89. The summed E-state index contributed by atoms with van der Waals surface area (Å²) >= 11 is 3.57. The third kappa shape index (κ3) is 2.90. The number of anilines is 1. The number of nitrogens with one attached hydrogen (secondary N) is 1. The number of benzene rings is 1. The van der Waals surface area contributed by atoms with Crippen LogP contribution in [-0.2, 0) is 0 Å². The molecule has 2 rings (SSSR count). The standard InChI is InChI=1S/C16H24BrN/c1-10-6-5-7-11(2)15(10)18-16-12(3)8-14(17)9-13(16)4/h8-11,15,18H,5-7H2,1-4H3. The first-order valence-corrected chi connectivity index (χ1v) is 7.81. The van der Waals surface area contributed by atoms with Gasteiger partial charge < -0.3 is 5.32 Å². The summed E-state index contributed by atoms with van der Waals surface area (Å²) in [6, 6.07) is 5.03.